The van der Waals surface area contributed by atoms with E-state index in [1.54, 1.807) is 12.1 Å². The van der Waals surface area contributed by atoms with E-state index in [1.165, 1.54) is 0 Å². The predicted octanol–water partition coefficient (Wildman–Crippen LogP) is 2.95. The minimum atomic E-state index is -0.733. The SMILES string of the molecule is O=C(O)CCCN1CCC([C@H](O)c2ccc(Cl)cc2)CC1. The average molecular weight is 312 g/mol. The number of likely N-dealkylation sites (tertiary alicyclic amines) is 1. The van der Waals surface area contributed by atoms with Crippen LogP contribution in [-0.4, -0.2) is 40.7 Å². The Morgan fingerprint density at radius 3 is 2.48 bits per heavy atom. The zero-order chi connectivity index (χ0) is 15.2. The molecule has 5 heteroatoms. The molecular formula is C16H22ClNO3. The summed E-state index contributed by atoms with van der Waals surface area (Å²) in [4.78, 5) is 12.8. The fraction of sp³-hybridized carbons (Fsp3) is 0.562. The van der Waals surface area contributed by atoms with Gasteiger partial charge >= 0.3 is 5.97 Å². The van der Waals surface area contributed by atoms with Gasteiger partial charge in [0.25, 0.3) is 0 Å². The maximum absolute atomic E-state index is 10.5. The molecule has 1 aromatic carbocycles. The summed E-state index contributed by atoms with van der Waals surface area (Å²) < 4.78 is 0. The molecule has 1 fully saturated rings. The van der Waals surface area contributed by atoms with Gasteiger partial charge in [-0.2, -0.15) is 0 Å². The molecule has 0 unspecified atom stereocenters. The molecule has 1 aromatic rings. The summed E-state index contributed by atoms with van der Waals surface area (Å²) in [5, 5.41) is 19.8. The standard InChI is InChI=1S/C16H22ClNO3/c17-14-5-3-12(4-6-14)16(21)13-7-10-18(11-8-13)9-1-2-15(19)20/h3-6,13,16,21H,1-2,7-11H2,(H,19,20)/t16-/m1/s1. The number of nitrogens with zero attached hydrogens (tertiary/aromatic N) is 1. The van der Waals surface area contributed by atoms with Gasteiger partial charge in [0.15, 0.2) is 0 Å². The number of carboxylic acid groups (broad SMARTS) is 1. The normalized spacial score (nSPS) is 18.6. The molecule has 4 nitrogen and oxygen atoms in total. The lowest BCUT2D eigenvalue weighted by molar-refractivity contribution is -0.137. The van der Waals surface area contributed by atoms with Crippen molar-refractivity contribution < 1.29 is 15.0 Å². The van der Waals surface area contributed by atoms with E-state index in [-0.39, 0.29) is 12.3 Å². The van der Waals surface area contributed by atoms with E-state index in [1.807, 2.05) is 12.1 Å². The number of aliphatic hydroxyl groups excluding tert-OH is 1. The Morgan fingerprint density at radius 1 is 1.29 bits per heavy atom. The summed E-state index contributed by atoms with van der Waals surface area (Å²) in [6, 6.07) is 7.38. The molecule has 1 atom stereocenters. The topological polar surface area (TPSA) is 60.8 Å². The van der Waals surface area contributed by atoms with Gasteiger partial charge in [-0.05, 0) is 62.5 Å². The Bertz CT molecular complexity index is 455. The maximum Gasteiger partial charge on any atom is 0.303 e. The second-order valence-corrected chi connectivity index (χ2v) is 6.11. The number of carbonyl (C=O) groups is 1. The van der Waals surface area contributed by atoms with Crippen molar-refractivity contribution in [2.45, 2.75) is 31.8 Å². The lowest BCUT2D eigenvalue weighted by Gasteiger charge is -2.34. The monoisotopic (exact) mass is 311 g/mol. The molecule has 1 aliphatic heterocycles. The van der Waals surface area contributed by atoms with Gasteiger partial charge in [0.1, 0.15) is 0 Å². The number of rotatable bonds is 6. The Hall–Kier alpha value is -1.10. The number of aliphatic hydroxyl groups is 1. The molecule has 0 aliphatic carbocycles. The minimum absolute atomic E-state index is 0.229. The molecule has 21 heavy (non-hydrogen) atoms. The van der Waals surface area contributed by atoms with Crippen molar-refractivity contribution in [1.82, 2.24) is 4.90 Å². The summed E-state index contributed by atoms with van der Waals surface area (Å²) in [6.07, 6.45) is 2.37. The largest absolute Gasteiger partial charge is 0.481 e. The molecule has 0 saturated carbocycles. The van der Waals surface area contributed by atoms with Crippen LogP contribution in [0.4, 0.5) is 0 Å². The van der Waals surface area contributed by atoms with Crippen LogP contribution in [-0.2, 0) is 4.79 Å². The summed E-state index contributed by atoms with van der Waals surface area (Å²) in [5.41, 5.74) is 0.920. The van der Waals surface area contributed by atoms with Crippen molar-refractivity contribution >= 4 is 17.6 Å². The zero-order valence-corrected chi connectivity index (χ0v) is 12.8. The van der Waals surface area contributed by atoms with Crippen LogP contribution < -0.4 is 0 Å². The second kappa shape index (κ2) is 7.78. The third kappa shape index (κ3) is 4.99. The van der Waals surface area contributed by atoms with Crippen LogP contribution in [0.25, 0.3) is 0 Å². The smallest absolute Gasteiger partial charge is 0.303 e. The molecule has 116 valence electrons. The van der Waals surface area contributed by atoms with Gasteiger partial charge < -0.3 is 15.1 Å². The predicted molar refractivity (Wildman–Crippen MR) is 82.4 cm³/mol. The van der Waals surface area contributed by atoms with E-state index < -0.39 is 12.1 Å². The zero-order valence-electron chi connectivity index (χ0n) is 12.0. The van der Waals surface area contributed by atoms with Crippen molar-refractivity contribution in [1.29, 1.82) is 0 Å². The Balaban J connectivity index is 1.77. The summed E-state index contributed by atoms with van der Waals surface area (Å²) >= 11 is 5.86. The highest BCUT2D eigenvalue weighted by atomic mass is 35.5. The first-order chi connectivity index (χ1) is 10.1. The fourth-order valence-electron chi connectivity index (χ4n) is 2.88. The van der Waals surface area contributed by atoms with Gasteiger partial charge in [-0.1, -0.05) is 23.7 Å². The van der Waals surface area contributed by atoms with Crippen LogP contribution in [0.3, 0.4) is 0 Å². The van der Waals surface area contributed by atoms with Gasteiger partial charge in [-0.15, -0.1) is 0 Å². The van der Waals surface area contributed by atoms with Crippen molar-refractivity contribution in [3.8, 4) is 0 Å². The van der Waals surface area contributed by atoms with Crippen LogP contribution in [0.2, 0.25) is 5.02 Å². The van der Waals surface area contributed by atoms with E-state index in [9.17, 15) is 9.90 Å². The maximum atomic E-state index is 10.5. The number of hydrogen-bond acceptors (Lipinski definition) is 3. The number of aliphatic carboxylic acids is 1. The van der Waals surface area contributed by atoms with Gasteiger partial charge in [0.05, 0.1) is 6.10 Å². The molecule has 2 rings (SSSR count). The van der Waals surface area contributed by atoms with Crippen molar-refractivity contribution in [2.24, 2.45) is 5.92 Å². The molecule has 1 saturated heterocycles. The fourth-order valence-corrected chi connectivity index (χ4v) is 3.00. The van der Waals surface area contributed by atoms with Crippen LogP contribution >= 0.6 is 11.6 Å². The average Bonchev–Trinajstić information content (AvgIpc) is 2.48. The van der Waals surface area contributed by atoms with Crippen LogP contribution in [0.1, 0.15) is 37.4 Å². The molecule has 0 aromatic heterocycles. The van der Waals surface area contributed by atoms with Crippen LogP contribution in [0, 0.1) is 5.92 Å². The Labute approximate surface area is 130 Å². The van der Waals surface area contributed by atoms with Gasteiger partial charge in [0.2, 0.25) is 0 Å². The molecule has 1 aliphatic rings. The number of benzene rings is 1. The number of hydrogen-bond donors (Lipinski definition) is 2. The Morgan fingerprint density at radius 2 is 1.90 bits per heavy atom. The van der Waals surface area contributed by atoms with Gasteiger partial charge in [-0.25, -0.2) is 0 Å². The molecule has 0 radical (unpaired) electrons. The number of carboxylic acids is 1. The van der Waals surface area contributed by atoms with E-state index >= 15 is 0 Å². The molecule has 2 N–H and O–H groups in total. The van der Waals surface area contributed by atoms with E-state index in [0.29, 0.717) is 11.4 Å². The Kier molecular flexibility index (Phi) is 6.03. The summed E-state index contributed by atoms with van der Waals surface area (Å²) in [5.74, 6) is -0.468. The quantitative estimate of drug-likeness (QED) is 0.848. The number of halogens is 1. The van der Waals surface area contributed by atoms with Crippen LogP contribution in [0.5, 0.6) is 0 Å². The minimum Gasteiger partial charge on any atom is -0.481 e. The lowest BCUT2D eigenvalue weighted by atomic mass is 9.87. The highest BCUT2D eigenvalue weighted by Crippen LogP contribution is 2.31. The van der Waals surface area contributed by atoms with Gasteiger partial charge in [-0.3, -0.25) is 4.79 Å². The molecule has 0 bridgehead atoms. The highest BCUT2D eigenvalue weighted by molar-refractivity contribution is 6.30. The first-order valence-corrected chi connectivity index (χ1v) is 7.81. The first kappa shape index (κ1) is 16.3. The molecular weight excluding hydrogens is 290 g/mol. The third-order valence-corrected chi connectivity index (χ3v) is 4.41. The highest BCUT2D eigenvalue weighted by Gasteiger charge is 2.26. The molecule has 1 heterocycles. The first-order valence-electron chi connectivity index (χ1n) is 7.44. The van der Waals surface area contributed by atoms with Crippen molar-refractivity contribution in [3.05, 3.63) is 34.9 Å². The third-order valence-electron chi connectivity index (χ3n) is 4.16. The van der Waals surface area contributed by atoms with Crippen molar-refractivity contribution in [2.75, 3.05) is 19.6 Å². The molecule has 0 amide bonds. The van der Waals surface area contributed by atoms with E-state index in [0.717, 1.165) is 38.0 Å². The van der Waals surface area contributed by atoms with Crippen molar-refractivity contribution in [3.63, 3.8) is 0 Å². The number of piperidine rings is 1. The van der Waals surface area contributed by atoms with Crippen LogP contribution in [0.15, 0.2) is 24.3 Å². The lowest BCUT2D eigenvalue weighted by Crippen LogP contribution is -2.36. The second-order valence-electron chi connectivity index (χ2n) is 5.67. The summed E-state index contributed by atoms with van der Waals surface area (Å²) in [6.45, 7) is 2.68. The van der Waals surface area contributed by atoms with Gasteiger partial charge in [0, 0.05) is 11.4 Å². The summed E-state index contributed by atoms with van der Waals surface area (Å²) in [7, 11) is 0. The van der Waals surface area contributed by atoms with E-state index in [4.69, 9.17) is 16.7 Å². The van der Waals surface area contributed by atoms with E-state index in [2.05, 4.69) is 4.90 Å². The molecule has 0 spiro atoms.